The molecule has 0 bridgehead atoms. The number of carbonyl (C=O) groups is 3. The van der Waals surface area contributed by atoms with E-state index < -0.39 is 18.1 Å². The number of halogens is 3. The van der Waals surface area contributed by atoms with E-state index in [1.165, 1.54) is 17.0 Å². The lowest BCUT2D eigenvalue weighted by atomic mass is 9.98. The number of fused-ring (bicyclic) bond motifs is 1. The van der Waals surface area contributed by atoms with Crippen molar-refractivity contribution in [1.29, 1.82) is 0 Å². The zero-order valence-electron chi connectivity index (χ0n) is 20.5. The number of carbonyl (C=O) groups excluding carboxylic acids is 2. The minimum Gasteiger partial charge on any atom is -0.475 e. The Labute approximate surface area is 248 Å². The molecule has 198 valence electrons. The lowest BCUT2D eigenvalue weighted by Crippen LogP contribution is -2.43. The van der Waals surface area contributed by atoms with Crippen LogP contribution in [0.15, 0.2) is 83.3 Å². The first-order valence-corrected chi connectivity index (χ1v) is 13.7. The fourth-order valence-electron chi connectivity index (χ4n) is 4.70. The molecule has 4 aromatic rings. The first kappa shape index (κ1) is 27.2. The average Bonchev–Trinajstić information content (AvgIpc) is 3.37. The number of aromatic carboxylic acids is 1. The molecule has 7 nitrogen and oxygen atoms in total. The zero-order valence-corrected chi connectivity index (χ0v) is 24.1. The van der Waals surface area contributed by atoms with Crippen LogP contribution in [0.25, 0.3) is 0 Å². The van der Waals surface area contributed by atoms with E-state index in [9.17, 15) is 19.5 Å². The van der Waals surface area contributed by atoms with Gasteiger partial charge in [0.25, 0.3) is 11.8 Å². The van der Waals surface area contributed by atoms with Gasteiger partial charge in [0, 0.05) is 13.6 Å². The van der Waals surface area contributed by atoms with Gasteiger partial charge in [-0.05, 0) is 95.2 Å². The summed E-state index contributed by atoms with van der Waals surface area (Å²) in [6, 6.07) is 20.6. The molecule has 10 heteroatoms. The van der Waals surface area contributed by atoms with Gasteiger partial charge in [0.2, 0.25) is 5.76 Å². The standard InChI is InChI=1S/C29H21Cl2IN2O5/c1-16(17-2-6-19(30)7-3-17)34-26(18-4-8-20(31)9-5-18)28(36)33(15-22-11-13-25(39-22)29(37)38)24-12-10-21(32)14-23(24)27(34)35/h2-14,16,26H,15H2,1H3,(H,37,38)/t16-,26+/m1/s1. The van der Waals surface area contributed by atoms with Crippen molar-refractivity contribution in [3.8, 4) is 0 Å². The van der Waals surface area contributed by atoms with Crippen molar-refractivity contribution < 1.29 is 23.9 Å². The molecule has 0 spiro atoms. The van der Waals surface area contributed by atoms with E-state index in [0.29, 0.717) is 26.9 Å². The predicted octanol–water partition coefficient (Wildman–Crippen LogP) is 7.38. The van der Waals surface area contributed by atoms with Gasteiger partial charge in [0.05, 0.1) is 23.8 Å². The SMILES string of the molecule is C[C@H](c1ccc(Cl)cc1)N1C(=O)c2cc(I)ccc2N(Cc2ccc(C(=O)O)o2)C(=O)[C@@H]1c1ccc(Cl)cc1. The molecule has 0 radical (unpaired) electrons. The van der Waals surface area contributed by atoms with Crippen LogP contribution in [0, 0.1) is 3.57 Å². The smallest absolute Gasteiger partial charge is 0.371 e. The van der Waals surface area contributed by atoms with Crippen LogP contribution in [0.2, 0.25) is 10.0 Å². The number of hydrogen-bond donors (Lipinski definition) is 1. The summed E-state index contributed by atoms with van der Waals surface area (Å²) < 4.78 is 6.31. The summed E-state index contributed by atoms with van der Waals surface area (Å²) in [6.07, 6.45) is 0. The first-order chi connectivity index (χ1) is 18.6. The van der Waals surface area contributed by atoms with Gasteiger partial charge in [0.15, 0.2) is 0 Å². The Bertz CT molecular complexity index is 1570. The number of benzene rings is 3. The summed E-state index contributed by atoms with van der Waals surface area (Å²) in [5, 5.41) is 10.4. The van der Waals surface area contributed by atoms with E-state index >= 15 is 0 Å². The molecule has 1 N–H and O–H groups in total. The molecule has 5 rings (SSSR count). The van der Waals surface area contributed by atoms with Gasteiger partial charge in [-0.2, -0.15) is 0 Å². The fourth-order valence-corrected chi connectivity index (χ4v) is 5.45. The van der Waals surface area contributed by atoms with Gasteiger partial charge in [-0.1, -0.05) is 47.5 Å². The van der Waals surface area contributed by atoms with Crippen molar-refractivity contribution in [3.63, 3.8) is 0 Å². The minimum atomic E-state index is -1.21. The molecule has 2 atom stereocenters. The Morgan fingerprint density at radius 2 is 1.62 bits per heavy atom. The Hall–Kier alpha value is -3.34. The van der Waals surface area contributed by atoms with E-state index in [4.69, 9.17) is 27.6 Å². The van der Waals surface area contributed by atoms with Crippen LogP contribution in [0.5, 0.6) is 0 Å². The second-order valence-electron chi connectivity index (χ2n) is 9.05. The van der Waals surface area contributed by atoms with E-state index in [2.05, 4.69) is 22.6 Å². The van der Waals surface area contributed by atoms with Crippen LogP contribution >= 0.6 is 45.8 Å². The second kappa shape index (κ2) is 11.0. The third-order valence-corrected chi connectivity index (χ3v) is 7.81. The van der Waals surface area contributed by atoms with E-state index in [0.717, 1.165) is 9.13 Å². The minimum absolute atomic E-state index is 0.0692. The number of anilines is 1. The molecule has 2 amide bonds. The highest BCUT2D eigenvalue weighted by molar-refractivity contribution is 14.1. The maximum atomic E-state index is 14.5. The number of amides is 2. The van der Waals surface area contributed by atoms with Crippen LogP contribution in [0.3, 0.4) is 0 Å². The Morgan fingerprint density at radius 1 is 0.974 bits per heavy atom. The maximum absolute atomic E-state index is 14.5. The largest absolute Gasteiger partial charge is 0.475 e. The topological polar surface area (TPSA) is 91.1 Å². The number of furan rings is 1. The third-order valence-electron chi connectivity index (χ3n) is 6.63. The number of hydrogen-bond acceptors (Lipinski definition) is 4. The van der Waals surface area contributed by atoms with Gasteiger partial charge in [-0.25, -0.2) is 4.79 Å². The summed E-state index contributed by atoms with van der Waals surface area (Å²) in [5.74, 6) is -1.88. The molecule has 0 aliphatic carbocycles. The maximum Gasteiger partial charge on any atom is 0.371 e. The van der Waals surface area contributed by atoms with Gasteiger partial charge in [-0.15, -0.1) is 0 Å². The van der Waals surface area contributed by atoms with Crippen molar-refractivity contribution >= 4 is 69.3 Å². The van der Waals surface area contributed by atoms with Crippen molar-refractivity contribution in [2.75, 3.05) is 4.90 Å². The quantitative estimate of drug-likeness (QED) is 0.216. The van der Waals surface area contributed by atoms with Gasteiger partial charge in [-0.3, -0.25) is 9.59 Å². The van der Waals surface area contributed by atoms with Gasteiger partial charge in [0.1, 0.15) is 11.8 Å². The van der Waals surface area contributed by atoms with E-state index in [1.54, 1.807) is 53.4 Å². The van der Waals surface area contributed by atoms with Crippen molar-refractivity contribution in [2.24, 2.45) is 0 Å². The molecular weight excluding hydrogens is 654 g/mol. The molecule has 39 heavy (non-hydrogen) atoms. The third kappa shape index (κ3) is 5.41. The molecule has 2 heterocycles. The molecule has 1 aromatic heterocycles. The Morgan fingerprint density at radius 3 is 2.23 bits per heavy atom. The van der Waals surface area contributed by atoms with Crippen LogP contribution < -0.4 is 4.90 Å². The molecule has 0 unspecified atom stereocenters. The number of rotatable bonds is 6. The Balaban J connectivity index is 1.69. The van der Waals surface area contributed by atoms with Crippen LogP contribution in [0.4, 0.5) is 5.69 Å². The number of nitrogens with zero attached hydrogens (tertiary/aromatic N) is 2. The average molecular weight is 675 g/mol. The summed E-state index contributed by atoms with van der Waals surface area (Å²) in [4.78, 5) is 43.3. The fraction of sp³-hybridized carbons (Fsp3) is 0.138. The van der Waals surface area contributed by atoms with Gasteiger partial charge < -0.3 is 19.3 Å². The summed E-state index contributed by atoms with van der Waals surface area (Å²) >= 11 is 14.4. The normalized spacial score (nSPS) is 16.2. The van der Waals surface area contributed by atoms with Gasteiger partial charge >= 0.3 is 5.97 Å². The molecule has 1 aliphatic rings. The predicted molar refractivity (Wildman–Crippen MR) is 156 cm³/mol. The molecular formula is C29H21Cl2IN2O5. The summed E-state index contributed by atoms with van der Waals surface area (Å²) in [6.45, 7) is 1.80. The monoisotopic (exact) mass is 674 g/mol. The van der Waals surface area contributed by atoms with Crippen LogP contribution in [-0.4, -0.2) is 27.8 Å². The number of carboxylic acids is 1. The van der Waals surface area contributed by atoms with Crippen LogP contribution in [0.1, 0.15) is 56.8 Å². The van der Waals surface area contributed by atoms with E-state index in [1.807, 2.05) is 25.1 Å². The molecule has 0 fully saturated rings. The summed E-state index contributed by atoms with van der Waals surface area (Å²) in [7, 11) is 0. The highest BCUT2D eigenvalue weighted by Gasteiger charge is 2.43. The lowest BCUT2D eigenvalue weighted by Gasteiger charge is -2.36. The lowest BCUT2D eigenvalue weighted by molar-refractivity contribution is -0.124. The Kier molecular flexibility index (Phi) is 7.70. The highest BCUT2D eigenvalue weighted by Crippen LogP contribution is 2.41. The highest BCUT2D eigenvalue weighted by atomic mass is 127. The molecule has 0 saturated heterocycles. The second-order valence-corrected chi connectivity index (χ2v) is 11.2. The van der Waals surface area contributed by atoms with Crippen molar-refractivity contribution in [3.05, 3.63) is 121 Å². The first-order valence-electron chi connectivity index (χ1n) is 11.9. The number of carboxylic acid groups (broad SMARTS) is 1. The van der Waals surface area contributed by atoms with Crippen molar-refractivity contribution in [1.82, 2.24) is 4.90 Å². The molecule has 1 aliphatic heterocycles. The van der Waals surface area contributed by atoms with Crippen LogP contribution in [-0.2, 0) is 11.3 Å². The van der Waals surface area contributed by atoms with Crippen molar-refractivity contribution in [2.45, 2.75) is 25.6 Å². The zero-order chi connectivity index (χ0) is 27.8. The molecule has 0 saturated carbocycles. The molecule has 3 aromatic carbocycles. The summed E-state index contributed by atoms with van der Waals surface area (Å²) in [5.41, 5.74) is 2.13. The van der Waals surface area contributed by atoms with E-state index in [-0.39, 0.29) is 29.9 Å².